The number of hydrogen-bond acceptors (Lipinski definition) is 8. The van der Waals surface area contributed by atoms with Crippen LogP contribution in [-0.2, 0) is 15.9 Å². The molecule has 0 radical (unpaired) electrons. The molecule has 2 aromatic heterocycles. The number of piperidine rings is 1. The number of aliphatic hydroxyl groups excluding tert-OH is 1. The number of carbonyl (C=O) groups excluding carboxylic acids is 1. The van der Waals surface area contributed by atoms with Gasteiger partial charge in [0, 0.05) is 41.9 Å². The highest BCUT2D eigenvalue weighted by Crippen LogP contribution is 2.28. The maximum absolute atomic E-state index is 13.3. The first kappa shape index (κ1) is 23.8. The fourth-order valence-electron chi connectivity index (χ4n) is 3.96. The number of fused-ring (bicyclic) bond motifs is 1. The van der Waals surface area contributed by atoms with Crippen LogP contribution in [0.4, 0.5) is 0 Å². The summed E-state index contributed by atoms with van der Waals surface area (Å²) < 4.78 is 19.1. The topological polar surface area (TPSA) is 121 Å². The summed E-state index contributed by atoms with van der Waals surface area (Å²) in [6.07, 6.45) is 3.11. The lowest BCUT2D eigenvalue weighted by atomic mass is 10.0. The Morgan fingerprint density at radius 3 is 2.48 bits per heavy atom. The fraction of sp³-hybridized carbons (Fsp3) is 0.619. The van der Waals surface area contributed by atoms with Crippen LogP contribution < -0.4 is 5.56 Å². The maximum Gasteiger partial charge on any atom is 0.344 e. The number of Topliss-reactive ketones (excluding diaryl/α,β-unsaturated/α-hetero) is 1. The van der Waals surface area contributed by atoms with E-state index < -0.39 is 28.8 Å². The van der Waals surface area contributed by atoms with Crippen LogP contribution in [0, 0.1) is 6.92 Å². The van der Waals surface area contributed by atoms with Crippen molar-refractivity contribution in [1.29, 1.82) is 0 Å². The predicted octanol–water partition coefficient (Wildman–Crippen LogP) is 1.77. The minimum absolute atomic E-state index is 0.125. The standard InChI is InChI=1S/C21H30N4O5S/c1-12-15-11-22-19(31(6)29)23-17(15)25(18(27)16(12)13(2)26)14-7-9-24(10-8-14)20(28)30-21(3,4)5/h11,14,20,28H,7-10H2,1-6H3. The molecule has 3 heterocycles. The Hall–Kier alpha value is -1.85. The van der Waals surface area contributed by atoms with Gasteiger partial charge in [-0.25, -0.2) is 0 Å². The van der Waals surface area contributed by atoms with Crippen LogP contribution in [0.2, 0.25) is 0 Å². The molecule has 0 amide bonds. The summed E-state index contributed by atoms with van der Waals surface area (Å²) in [6, 6.07) is -0.222. The van der Waals surface area contributed by atoms with Crippen LogP contribution in [-0.4, -0.2) is 66.2 Å². The van der Waals surface area contributed by atoms with Crippen LogP contribution in [0.25, 0.3) is 11.0 Å². The van der Waals surface area contributed by atoms with E-state index in [0.29, 0.717) is 42.5 Å². The van der Waals surface area contributed by atoms with Gasteiger partial charge in [0.05, 0.1) is 11.2 Å². The smallest absolute Gasteiger partial charge is 0.344 e. The molecule has 2 aromatic rings. The quantitative estimate of drug-likeness (QED) is 0.317. The third-order valence-electron chi connectivity index (χ3n) is 5.43. The number of ketones is 1. The molecule has 2 atom stereocenters. The van der Waals surface area contributed by atoms with E-state index in [1.54, 1.807) is 11.5 Å². The van der Waals surface area contributed by atoms with Gasteiger partial charge in [0.25, 0.3) is 5.56 Å². The Labute approximate surface area is 184 Å². The summed E-state index contributed by atoms with van der Waals surface area (Å²) in [7, 11) is 0. The number of ether oxygens (including phenoxy) is 1. The van der Waals surface area contributed by atoms with Crippen LogP contribution in [0.3, 0.4) is 0 Å². The molecule has 0 spiro atoms. The normalized spacial score (nSPS) is 18.3. The van der Waals surface area contributed by atoms with Gasteiger partial charge in [-0.3, -0.25) is 19.1 Å². The van der Waals surface area contributed by atoms with Gasteiger partial charge in [0.2, 0.25) is 6.41 Å². The van der Waals surface area contributed by atoms with E-state index in [4.69, 9.17) is 4.74 Å². The number of likely N-dealkylation sites (tertiary alicyclic amines) is 1. The van der Waals surface area contributed by atoms with Crippen LogP contribution in [0.15, 0.2) is 16.1 Å². The van der Waals surface area contributed by atoms with Crippen molar-refractivity contribution in [3.8, 4) is 0 Å². The summed E-state index contributed by atoms with van der Waals surface area (Å²) in [5.74, 6) is -0.312. The van der Waals surface area contributed by atoms with Gasteiger partial charge in [-0.1, -0.05) is 0 Å². The molecule has 31 heavy (non-hydrogen) atoms. The Morgan fingerprint density at radius 1 is 1.35 bits per heavy atom. The van der Waals surface area contributed by atoms with E-state index in [1.165, 1.54) is 19.4 Å². The summed E-state index contributed by atoms with van der Waals surface area (Å²) in [5, 5.41) is 11.1. The monoisotopic (exact) mass is 450 g/mol. The highest BCUT2D eigenvalue weighted by Gasteiger charge is 2.31. The summed E-state index contributed by atoms with van der Waals surface area (Å²) in [5.41, 5.74) is 0.162. The molecule has 0 bridgehead atoms. The van der Waals surface area contributed by atoms with Gasteiger partial charge in [0.15, 0.2) is 11.4 Å². The van der Waals surface area contributed by atoms with Crippen molar-refractivity contribution in [2.75, 3.05) is 19.3 Å². The van der Waals surface area contributed by atoms with Gasteiger partial charge in [-0.2, -0.15) is 9.97 Å². The van der Waals surface area contributed by atoms with Gasteiger partial charge >= 0.3 is 5.16 Å². The number of pyridine rings is 1. The highest BCUT2D eigenvalue weighted by molar-refractivity contribution is 7.90. The Kier molecular flexibility index (Phi) is 6.87. The van der Waals surface area contributed by atoms with Crippen LogP contribution in [0.1, 0.15) is 62.5 Å². The summed E-state index contributed by atoms with van der Waals surface area (Å²) in [4.78, 5) is 36.0. The molecule has 0 aliphatic carbocycles. The third kappa shape index (κ3) is 4.98. The molecule has 1 N–H and O–H groups in total. The number of aryl methyl sites for hydroxylation is 1. The molecule has 170 valence electrons. The van der Waals surface area contributed by atoms with E-state index in [9.17, 15) is 19.2 Å². The lowest BCUT2D eigenvalue weighted by Crippen LogP contribution is -2.47. The van der Waals surface area contributed by atoms with Gasteiger partial charge in [0.1, 0.15) is 6.26 Å². The Morgan fingerprint density at radius 2 is 1.97 bits per heavy atom. The number of aromatic nitrogens is 3. The van der Waals surface area contributed by atoms with Crippen molar-refractivity contribution in [3.63, 3.8) is 0 Å². The number of nitrogens with zero attached hydrogens (tertiary/aromatic N) is 4. The van der Waals surface area contributed by atoms with E-state index in [0.717, 1.165) is 0 Å². The fourth-order valence-corrected chi connectivity index (χ4v) is 4.38. The molecule has 3 rings (SSSR count). The molecule has 2 unspecified atom stereocenters. The first-order valence-electron chi connectivity index (χ1n) is 10.3. The van der Waals surface area contributed by atoms with Gasteiger partial charge in [-0.15, -0.1) is 0 Å². The van der Waals surface area contributed by atoms with E-state index in [-0.39, 0.29) is 22.5 Å². The minimum Gasteiger partial charge on any atom is -0.609 e. The largest absolute Gasteiger partial charge is 0.609 e. The van der Waals surface area contributed by atoms with Crippen LogP contribution >= 0.6 is 0 Å². The lowest BCUT2D eigenvalue weighted by molar-refractivity contribution is -0.243. The first-order chi connectivity index (χ1) is 14.4. The molecule has 9 nitrogen and oxygen atoms in total. The zero-order valence-electron chi connectivity index (χ0n) is 18.8. The van der Waals surface area contributed by atoms with Crippen molar-refractivity contribution in [2.45, 2.75) is 70.7 Å². The van der Waals surface area contributed by atoms with Crippen molar-refractivity contribution in [1.82, 2.24) is 19.4 Å². The lowest BCUT2D eigenvalue weighted by Gasteiger charge is -2.37. The van der Waals surface area contributed by atoms with Crippen molar-refractivity contribution >= 4 is 28.0 Å². The molecule has 1 aliphatic rings. The molecule has 10 heteroatoms. The predicted molar refractivity (Wildman–Crippen MR) is 118 cm³/mol. The molecular weight excluding hydrogens is 420 g/mol. The van der Waals surface area contributed by atoms with E-state index in [2.05, 4.69) is 9.97 Å². The molecule has 1 saturated heterocycles. The summed E-state index contributed by atoms with van der Waals surface area (Å²) in [6.45, 7) is 9.73. The van der Waals surface area contributed by atoms with Crippen molar-refractivity contribution in [3.05, 3.63) is 27.7 Å². The number of aliphatic hydroxyl groups is 1. The van der Waals surface area contributed by atoms with Crippen LogP contribution in [0.5, 0.6) is 0 Å². The number of carbonyl (C=O) groups is 1. The Balaban J connectivity index is 2.02. The first-order valence-corrected chi connectivity index (χ1v) is 11.8. The van der Waals surface area contributed by atoms with E-state index >= 15 is 0 Å². The molecule has 1 fully saturated rings. The van der Waals surface area contributed by atoms with E-state index in [1.807, 2.05) is 25.7 Å². The zero-order valence-corrected chi connectivity index (χ0v) is 19.7. The summed E-state index contributed by atoms with van der Waals surface area (Å²) >= 11 is -1.41. The zero-order chi connectivity index (χ0) is 23.1. The van der Waals surface area contributed by atoms with Crippen molar-refractivity contribution in [2.24, 2.45) is 0 Å². The molecular formula is C21H30N4O5S. The average Bonchev–Trinajstić information content (AvgIpc) is 2.66. The second kappa shape index (κ2) is 8.95. The number of rotatable bonds is 5. The number of hydrogen-bond donors (Lipinski definition) is 1. The maximum atomic E-state index is 13.3. The third-order valence-corrected chi connectivity index (χ3v) is 6.14. The highest BCUT2D eigenvalue weighted by atomic mass is 32.2. The Bertz CT molecular complexity index is 1040. The molecule has 1 aliphatic heterocycles. The molecule has 0 saturated carbocycles. The van der Waals surface area contributed by atoms with Crippen molar-refractivity contribution < 1.29 is 19.2 Å². The second-order valence-electron chi connectivity index (χ2n) is 8.90. The molecule has 0 aromatic carbocycles. The second-order valence-corrected chi connectivity index (χ2v) is 10.2. The van der Waals surface area contributed by atoms with Gasteiger partial charge < -0.3 is 14.4 Å². The minimum atomic E-state index is -1.41. The average molecular weight is 451 g/mol. The SMILES string of the molecule is CC(=O)c1c(C)c2cnc([S+](C)[O-])nc2n(C2CCN(C(O)OC(C)(C)C)CC2)c1=O. The van der Waals surface area contributed by atoms with Gasteiger partial charge in [-0.05, 0) is 53.0 Å².